The predicted molar refractivity (Wildman–Crippen MR) is 380 cm³/mol. The van der Waals surface area contributed by atoms with E-state index < -0.39 is 0 Å². The maximum Gasteiger partial charge on any atom is 0.252 e. The van der Waals surface area contributed by atoms with E-state index in [1.54, 1.807) is 0 Å². The van der Waals surface area contributed by atoms with Crippen LogP contribution in [0.15, 0.2) is 170 Å². The number of aryl methyl sites for hydroxylation is 1. The summed E-state index contributed by atoms with van der Waals surface area (Å²) in [6.45, 7) is 43.4. The molecule has 0 fully saturated rings. The first-order chi connectivity index (χ1) is 41.4. The van der Waals surface area contributed by atoms with Gasteiger partial charge in [0.1, 0.15) is 0 Å². The lowest BCUT2D eigenvalue weighted by Crippen LogP contribution is -2.62. The van der Waals surface area contributed by atoms with Gasteiger partial charge in [-0.3, -0.25) is 0 Å². The summed E-state index contributed by atoms with van der Waals surface area (Å²) >= 11 is 0. The van der Waals surface area contributed by atoms with E-state index in [4.69, 9.17) is 0 Å². The van der Waals surface area contributed by atoms with Crippen molar-refractivity contribution in [3.63, 3.8) is 0 Å². The number of nitrogens with zero attached hydrogens (tertiary/aromatic N) is 3. The lowest BCUT2D eigenvalue weighted by atomic mass is 9.33. The van der Waals surface area contributed by atoms with Crippen LogP contribution in [-0.4, -0.2) is 6.71 Å². The van der Waals surface area contributed by atoms with Crippen molar-refractivity contribution in [3.8, 4) is 22.3 Å². The molecule has 0 saturated heterocycles. The van der Waals surface area contributed by atoms with Crippen LogP contribution in [0.2, 0.25) is 0 Å². The molecule has 0 bridgehead atoms. The molecule has 3 nitrogen and oxygen atoms in total. The smallest absolute Gasteiger partial charge is 0.252 e. The molecule has 2 aliphatic heterocycles. The van der Waals surface area contributed by atoms with Crippen LogP contribution in [0, 0.1) is 6.92 Å². The fourth-order valence-electron chi connectivity index (χ4n) is 16.1. The largest absolute Gasteiger partial charge is 0.311 e. The normalized spacial score (nSPS) is 17.3. The quantitative estimate of drug-likeness (QED) is 0.154. The van der Waals surface area contributed by atoms with Crippen LogP contribution < -0.4 is 31.1 Å². The van der Waals surface area contributed by atoms with Crippen molar-refractivity contribution in [1.29, 1.82) is 0 Å². The van der Waals surface area contributed by atoms with E-state index in [9.17, 15) is 0 Å². The van der Waals surface area contributed by atoms with E-state index in [1.165, 1.54) is 140 Å². The summed E-state index contributed by atoms with van der Waals surface area (Å²) in [5.74, 6) is 0. The van der Waals surface area contributed by atoms with Crippen LogP contribution in [0.25, 0.3) is 22.3 Å². The molecule has 446 valence electrons. The van der Waals surface area contributed by atoms with Gasteiger partial charge in [0, 0.05) is 46.1 Å². The molecule has 4 heteroatoms. The maximum absolute atomic E-state index is 2.76. The molecule has 14 rings (SSSR count). The van der Waals surface area contributed by atoms with Crippen molar-refractivity contribution in [1.82, 2.24) is 0 Å². The van der Waals surface area contributed by atoms with Gasteiger partial charge in [-0.15, -0.1) is 0 Å². The van der Waals surface area contributed by atoms with Crippen molar-refractivity contribution < 1.29 is 0 Å². The second-order valence-corrected chi connectivity index (χ2v) is 32.8. The lowest BCUT2D eigenvalue weighted by Gasteiger charge is -2.48. The number of benzene rings is 9. The minimum atomic E-state index is -0.0982. The Kier molecular flexibility index (Phi) is 13.0. The van der Waals surface area contributed by atoms with Crippen LogP contribution in [0.3, 0.4) is 0 Å². The van der Waals surface area contributed by atoms with Crippen LogP contribution in [-0.2, 0) is 44.3 Å². The topological polar surface area (TPSA) is 9.72 Å². The highest BCUT2D eigenvalue weighted by atomic mass is 15.2. The Hall–Kier alpha value is -7.56. The van der Waals surface area contributed by atoms with Gasteiger partial charge >= 0.3 is 0 Å². The van der Waals surface area contributed by atoms with Gasteiger partial charge in [0.15, 0.2) is 0 Å². The van der Waals surface area contributed by atoms with Gasteiger partial charge < -0.3 is 14.7 Å². The predicted octanol–water partition coefficient (Wildman–Crippen LogP) is 21.4. The standard InChI is InChI=1S/C84H92BN3/c1-52-43-55(78(2,3)4)32-37-70(52)87-73-46-57(80(8,9)10)31-36-68(73)85-69-50-66-67(84(17,18)42-41-83(66,15)16)51-74(69)88(72-38-33-56(79(5,6)7)45-62(72)53-25-20-19-21-26-53)76-49-59(48-75(87)77(76)85)86(58-34-35-64-65(47-58)82(13,14)40-39-81(64,11)12)71-30-24-29-61-60-28-23-22-27-54(60)44-63(61)71/h19-38,43,45-51H,39-42,44H2,1-18H3. The number of fused-ring (bicyclic) bond motifs is 9. The Morgan fingerprint density at radius 1 is 0.386 bits per heavy atom. The zero-order chi connectivity index (χ0) is 62.2. The number of anilines is 9. The Labute approximate surface area is 528 Å². The third-order valence-corrected chi connectivity index (χ3v) is 21.8. The number of rotatable bonds is 6. The van der Waals surface area contributed by atoms with Gasteiger partial charge in [-0.05, 0) is 220 Å². The van der Waals surface area contributed by atoms with Crippen molar-refractivity contribution in [2.45, 2.75) is 195 Å². The van der Waals surface area contributed by atoms with Gasteiger partial charge in [0.25, 0.3) is 6.71 Å². The van der Waals surface area contributed by atoms with Gasteiger partial charge in [0.2, 0.25) is 0 Å². The van der Waals surface area contributed by atoms with Crippen molar-refractivity contribution in [3.05, 3.63) is 225 Å². The molecule has 9 aromatic rings. The Bertz CT molecular complexity index is 4340. The van der Waals surface area contributed by atoms with E-state index in [0.717, 1.165) is 37.8 Å². The van der Waals surface area contributed by atoms with E-state index in [0.29, 0.717) is 0 Å². The molecular weight excluding hydrogens is 1060 g/mol. The van der Waals surface area contributed by atoms with Crippen molar-refractivity contribution in [2.24, 2.45) is 0 Å². The lowest BCUT2D eigenvalue weighted by molar-refractivity contribution is 0.332. The molecule has 2 heterocycles. The highest BCUT2D eigenvalue weighted by molar-refractivity contribution is 7.00. The van der Waals surface area contributed by atoms with Gasteiger partial charge in [-0.1, -0.05) is 227 Å². The van der Waals surface area contributed by atoms with E-state index >= 15 is 0 Å². The summed E-state index contributed by atoms with van der Waals surface area (Å²) in [7, 11) is 0. The molecule has 0 radical (unpaired) electrons. The highest BCUT2D eigenvalue weighted by Crippen LogP contribution is 2.56. The summed E-state index contributed by atoms with van der Waals surface area (Å²) in [5, 5.41) is 0. The Morgan fingerprint density at radius 3 is 1.55 bits per heavy atom. The summed E-state index contributed by atoms with van der Waals surface area (Å²) in [5.41, 5.74) is 33.9. The maximum atomic E-state index is 2.76. The third-order valence-electron chi connectivity index (χ3n) is 21.8. The molecule has 0 aromatic heterocycles. The van der Waals surface area contributed by atoms with E-state index in [2.05, 4.69) is 309 Å². The average Bonchev–Trinajstić information content (AvgIpc) is 0.774. The van der Waals surface area contributed by atoms with Crippen LogP contribution >= 0.6 is 0 Å². The van der Waals surface area contributed by atoms with Gasteiger partial charge in [0.05, 0.1) is 17.1 Å². The minimum Gasteiger partial charge on any atom is -0.311 e. The Morgan fingerprint density at radius 2 is 0.909 bits per heavy atom. The summed E-state index contributed by atoms with van der Waals surface area (Å²) in [6, 6.07) is 68.0. The summed E-state index contributed by atoms with van der Waals surface area (Å²) < 4.78 is 0. The van der Waals surface area contributed by atoms with Crippen molar-refractivity contribution in [2.75, 3.05) is 14.7 Å². The second-order valence-electron chi connectivity index (χ2n) is 32.8. The molecule has 88 heavy (non-hydrogen) atoms. The van der Waals surface area contributed by atoms with Crippen LogP contribution in [0.1, 0.15) is 199 Å². The monoisotopic (exact) mass is 1150 g/mol. The van der Waals surface area contributed by atoms with Crippen molar-refractivity contribution >= 4 is 74.3 Å². The molecule has 9 aromatic carbocycles. The fourth-order valence-corrected chi connectivity index (χ4v) is 16.1. The van der Waals surface area contributed by atoms with Gasteiger partial charge in [-0.2, -0.15) is 0 Å². The first-order valence-corrected chi connectivity index (χ1v) is 33.0. The molecular formula is C84H92BN3. The molecule has 0 unspecified atom stereocenters. The molecule has 0 atom stereocenters. The first-order valence-electron chi connectivity index (χ1n) is 33.0. The molecule has 0 N–H and O–H groups in total. The highest BCUT2D eigenvalue weighted by Gasteiger charge is 2.48. The van der Waals surface area contributed by atoms with E-state index in [-0.39, 0.29) is 44.6 Å². The molecule has 0 spiro atoms. The zero-order valence-corrected chi connectivity index (χ0v) is 56.1. The summed E-state index contributed by atoms with van der Waals surface area (Å²) in [4.78, 5) is 8.16. The number of hydrogen-bond acceptors (Lipinski definition) is 3. The molecule has 0 amide bonds. The fraction of sp³-hybridized carbons (Fsp3) is 0.357. The van der Waals surface area contributed by atoms with Crippen LogP contribution in [0.4, 0.5) is 51.2 Å². The number of hydrogen-bond donors (Lipinski definition) is 0. The van der Waals surface area contributed by atoms with E-state index in [1.807, 2.05) is 0 Å². The second kappa shape index (κ2) is 19.7. The molecule has 3 aliphatic carbocycles. The average molecular weight is 1150 g/mol. The summed E-state index contributed by atoms with van der Waals surface area (Å²) in [6.07, 6.45) is 5.44. The Balaban J connectivity index is 1.17. The first kappa shape index (κ1) is 58.1. The molecule has 5 aliphatic rings. The third kappa shape index (κ3) is 9.26. The zero-order valence-electron chi connectivity index (χ0n) is 56.1. The van der Waals surface area contributed by atoms with Crippen LogP contribution in [0.5, 0.6) is 0 Å². The minimum absolute atomic E-state index is 0.00641. The van der Waals surface area contributed by atoms with Gasteiger partial charge in [-0.25, -0.2) is 0 Å². The molecule has 0 saturated carbocycles. The SMILES string of the molecule is Cc1cc(C(C)(C)C)ccc1N1c2cc(C(C)(C)C)ccc2B2c3cc4c(cc3N(c3ccc(C(C)(C)C)cc3-c3ccccc3)c3cc(N(c5ccc6c(c5)C(C)(C)CCC6(C)C)c5cccc6c5Cc5ccccc5-6)cc1c32)C(C)(C)CCC4(C)C.